The Morgan fingerprint density at radius 3 is 2.75 bits per heavy atom. The molecule has 0 saturated heterocycles. The molecule has 0 spiro atoms. The number of methoxy groups -OCH3 is 1. The minimum Gasteiger partial charge on any atom is -0.502 e. The third kappa shape index (κ3) is 3.12. The zero-order valence-corrected chi connectivity index (χ0v) is 15.9. The van der Waals surface area contributed by atoms with Crippen molar-refractivity contribution in [2.45, 2.75) is 26.4 Å². The lowest BCUT2D eigenvalue weighted by Crippen LogP contribution is -2.05. The number of fused-ring (bicyclic) bond motifs is 1. The summed E-state index contributed by atoms with van der Waals surface area (Å²) in [5, 5.41) is 4.16. The molecule has 3 aromatic rings. The molecule has 0 aliphatic heterocycles. The second kappa shape index (κ2) is 7.20. The van der Waals surface area contributed by atoms with Gasteiger partial charge in [0.15, 0.2) is 0 Å². The van der Waals surface area contributed by atoms with Crippen molar-refractivity contribution in [1.82, 2.24) is 10.1 Å². The molecule has 0 N–H and O–H groups in total. The van der Waals surface area contributed by atoms with Crippen molar-refractivity contribution in [3.63, 3.8) is 0 Å². The minimum absolute atomic E-state index is 0.00728. The average molecular weight is 373 g/mol. The van der Waals surface area contributed by atoms with Gasteiger partial charge in [0.05, 0.1) is 19.8 Å². The highest BCUT2D eigenvalue weighted by Gasteiger charge is 2.21. The number of nitrogens with zero attached hydrogens (tertiary/aromatic N) is 3. The van der Waals surface area contributed by atoms with Gasteiger partial charge in [0.2, 0.25) is 11.5 Å². The van der Waals surface area contributed by atoms with E-state index in [1.54, 1.807) is 19.2 Å². The minimum atomic E-state index is -0.00728. The van der Waals surface area contributed by atoms with Gasteiger partial charge in [-0.15, -0.1) is 0 Å². The van der Waals surface area contributed by atoms with Gasteiger partial charge in [0, 0.05) is 16.7 Å². The first-order chi connectivity index (χ1) is 13.6. The highest BCUT2D eigenvalue weighted by Crippen LogP contribution is 2.36. The summed E-state index contributed by atoms with van der Waals surface area (Å²) in [6.45, 7) is 11.3. The molecule has 6 heteroatoms. The maximum atomic E-state index is 7.41. The van der Waals surface area contributed by atoms with Gasteiger partial charge in [-0.25, -0.2) is 4.85 Å². The maximum absolute atomic E-state index is 7.41. The number of ether oxygens (including phenoxy) is 2. The molecule has 0 radical (unpaired) electrons. The van der Waals surface area contributed by atoms with E-state index in [0.717, 1.165) is 28.9 Å². The summed E-state index contributed by atoms with van der Waals surface area (Å²) in [6, 6.07) is 11.3. The second-order valence-electron chi connectivity index (χ2n) is 6.69. The molecule has 1 heterocycles. The predicted molar refractivity (Wildman–Crippen MR) is 106 cm³/mol. The van der Waals surface area contributed by atoms with Gasteiger partial charge in [-0.1, -0.05) is 23.4 Å². The summed E-state index contributed by atoms with van der Waals surface area (Å²) in [7, 11) is 1.67. The Labute approximate surface area is 163 Å². The molecule has 6 nitrogen and oxygen atoms in total. The molecule has 0 saturated carbocycles. The molecule has 1 aromatic heterocycles. The van der Waals surface area contributed by atoms with Crippen molar-refractivity contribution in [2.24, 2.45) is 0 Å². The Bertz CT molecular complexity index is 1110. The fraction of sp³-hybridized carbons (Fsp3) is 0.227. The van der Waals surface area contributed by atoms with E-state index in [-0.39, 0.29) is 6.10 Å². The lowest BCUT2D eigenvalue weighted by Gasteiger charge is -2.11. The first-order valence-electron chi connectivity index (χ1n) is 8.99. The molecule has 140 valence electrons. The van der Waals surface area contributed by atoms with Crippen molar-refractivity contribution >= 4 is 11.4 Å². The van der Waals surface area contributed by atoms with E-state index in [1.807, 2.05) is 44.2 Å². The summed E-state index contributed by atoms with van der Waals surface area (Å²) in [4.78, 5) is 8.11. The van der Waals surface area contributed by atoms with Crippen LogP contribution in [0.5, 0.6) is 5.75 Å². The second-order valence-corrected chi connectivity index (χ2v) is 6.69. The molecule has 4 rings (SSSR count). The van der Waals surface area contributed by atoms with Crippen molar-refractivity contribution in [3.05, 3.63) is 65.0 Å². The molecule has 28 heavy (non-hydrogen) atoms. The Hall–Kier alpha value is -3.59. The first kappa shape index (κ1) is 17.8. The Morgan fingerprint density at radius 1 is 1.18 bits per heavy atom. The topological polar surface area (TPSA) is 61.7 Å². The summed E-state index contributed by atoms with van der Waals surface area (Å²) < 4.78 is 16.6. The van der Waals surface area contributed by atoms with Crippen LogP contribution in [0, 0.1) is 6.57 Å². The Kier molecular flexibility index (Phi) is 4.58. The summed E-state index contributed by atoms with van der Waals surface area (Å²) in [5.41, 5.74) is 4.19. The van der Waals surface area contributed by atoms with Gasteiger partial charge in [0.25, 0.3) is 5.89 Å². The summed E-state index contributed by atoms with van der Waals surface area (Å²) >= 11 is 0. The van der Waals surface area contributed by atoms with E-state index < -0.39 is 0 Å². The van der Waals surface area contributed by atoms with Crippen LogP contribution in [0.25, 0.3) is 33.4 Å². The van der Waals surface area contributed by atoms with Crippen molar-refractivity contribution in [2.75, 3.05) is 7.11 Å². The smallest absolute Gasteiger partial charge is 0.256 e. The van der Waals surface area contributed by atoms with Gasteiger partial charge in [0.1, 0.15) is 11.5 Å². The molecule has 0 atom stereocenters. The van der Waals surface area contributed by atoms with Gasteiger partial charge in [-0.2, -0.15) is 4.98 Å². The van der Waals surface area contributed by atoms with Crippen LogP contribution >= 0.6 is 0 Å². The fourth-order valence-electron chi connectivity index (χ4n) is 3.29. The quantitative estimate of drug-likeness (QED) is 0.569. The Balaban J connectivity index is 1.69. The van der Waals surface area contributed by atoms with Crippen LogP contribution in [0.1, 0.15) is 25.0 Å². The number of hydrogen-bond donors (Lipinski definition) is 0. The zero-order chi connectivity index (χ0) is 19.7. The predicted octanol–water partition coefficient (Wildman–Crippen LogP) is 5.28. The monoisotopic (exact) mass is 373 g/mol. The number of allylic oxidation sites excluding steroid dienone is 1. The van der Waals surface area contributed by atoms with Crippen molar-refractivity contribution in [1.29, 1.82) is 0 Å². The van der Waals surface area contributed by atoms with Crippen LogP contribution in [-0.4, -0.2) is 23.4 Å². The zero-order valence-electron chi connectivity index (χ0n) is 15.9. The van der Waals surface area contributed by atoms with E-state index in [2.05, 4.69) is 15.0 Å². The molecule has 1 aliphatic rings. The van der Waals surface area contributed by atoms with Crippen LogP contribution < -0.4 is 4.74 Å². The number of benzene rings is 2. The van der Waals surface area contributed by atoms with Gasteiger partial charge in [-0.3, -0.25) is 0 Å². The van der Waals surface area contributed by atoms with Crippen LogP contribution in [-0.2, 0) is 11.2 Å². The molecule has 0 fully saturated rings. The molecule has 2 aromatic carbocycles. The summed E-state index contributed by atoms with van der Waals surface area (Å²) in [5.74, 6) is 2.30. The standard InChI is InChI=1S/C22H19N3O3/c1-13(2)27-20-10-8-14(12-18(20)23-3)22-24-21(25-28-22)17-7-5-6-16-15(17)9-11-19(16)26-4/h5-8,10-13H,9H2,1-2,4H3. The summed E-state index contributed by atoms with van der Waals surface area (Å²) in [6.07, 6.45) is 2.80. The number of aromatic nitrogens is 2. The first-order valence-corrected chi connectivity index (χ1v) is 8.99. The van der Waals surface area contributed by atoms with Gasteiger partial charge >= 0.3 is 0 Å². The van der Waals surface area contributed by atoms with Crippen LogP contribution in [0.15, 0.2) is 47.0 Å². The average Bonchev–Trinajstić information content (AvgIpc) is 3.34. The maximum Gasteiger partial charge on any atom is 0.256 e. The van der Waals surface area contributed by atoms with E-state index in [9.17, 15) is 0 Å². The van der Waals surface area contributed by atoms with Crippen molar-refractivity contribution in [3.8, 4) is 28.6 Å². The van der Waals surface area contributed by atoms with E-state index in [4.69, 9.17) is 20.6 Å². The highest BCUT2D eigenvalue weighted by molar-refractivity contribution is 5.77. The third-order valence-electron chi connectivity index (χ3n) is 4.51. The van der Waals surface area contributed by atoms with Gasteiger partial charge < -0.3 is 14.0 Å². The lowest BCUT2D eigenvalue weighted by atomic mass is 10.0. The third-order valence-corrected chi connectivity index (χ3v) is 4.51. The Morgan fingerprint density at radius 2 is 2.00 bits per heavy atom. The molecular weight excluding hydrogens is 354 g/mol. The number of rotatable bonds is 5. The normalized spacial score (nSPS) is 12.5. The lowest BCUT2D eigenvalue weighted by molar-refractivity contribution is 0.244. The SMILES string of the molecule is [C-]#[N+]c1cc(-c2nc(-c3cccc4c3CC=C4OC)no2)ccc1OC(C)C. The molecule has 0 unspecified atom stereocenters. The molecule has 0 amide bonds. The molecule has 0 bridgehead atoms. The van der Waals surface area contributed by atoms with Crippen LogP contribution in [0.4, 0.5) is 5.69 Å². The van der Waals surface area contributed by atoms with Gasteiger partial charge in [-0.05, 0) is 50.1 Å². The van der Waals surface area contributed by atoms with E-state index in [0.29, 0.717) is 28.7 Å². The largest absolute Gasteiger partial charge is 0.502 e. The highest BCUT2D eigenvalue weighted by atomic mass is 16.5. The number of hydrogen-bond acceptors (Lipinski definition) is 5. The van der Waals surface area contributed by atoms with Crippen LogP contribution in [0.2, 0.25) is 0 Å². The molecular formula is C22H19N3O3. The van der Waals surface area contributed by atoms with E-state index >= 15 is 0 Å². The van der Waals surface area contributed by atoms with Crippen LogP contribution in [0.3, 0.4) is 0 Å². The molecule has 1 aliphatic carbocycles. The fourth-order valence-corrected chi connectivity index (χ4v) is 3.29. The van der Waals surface area contributed by atoms with Crippen molar-refractivity contribution < 1.29 is 14.0 Å². The van der Waals surface area contributed by atoms with E-state index in [1.165, 1.54) is 0 Å².